The molecule has 178 valence electrons. The number of imidazole rings is 1. The van der Waals surface area contributed by atoms with E-state index in [1.54, 1.807) is 29.8 Å². The molecule has 2 fully saturated rings. The van der Waals surface area contributed by atoms with Gasteiger partial charge in [-0.1, -0.05) is 0 Å². The summed E-state index contributed by atoms with van der Waals surface area (Å²) in [4.78, 5) is 20.8. The Labute approximate surface area is 194 Å². The molecule has 0 spiro atoms. The minimum Gasteiger partial charge on any atom is -0.443 e. The molecule has 2 aliphatic carbocycles. The Balaban J connectivity index is 1.29. The minimum absolute atomic E-state index is 0.193. The molecule has 0 aromatic carbocycles. The van der Waals surface area contributed by atoms with Gasteiger partial charge in [0.1, 0.15) is 29.7 Å². The van der Waals surface area contributed by atoms with Crippen molar-refractivity contribution in [2.75, 3.05) is 12.4 Å². The van der Waals surface area contributed by atoms with E-state index >= 15 is 4.39 Å². The fraction of sp³-hybridized carbons (Fsp3) is 0.500. The van der Waals surface area contributed by atoms with Crippen LogP contribution in [0.25, 0.3) is 5.65 Å². The number of carbonyl (C=O) groups is 1. The van der Waals surface area contributed by atoms with Gasteiger partial charge in [-0.2, -0.15) is 10.4 Å². The molecule has 3 heterocycles. The topological polar surface area (TPSA) is 142 Å². The Morgan fingerprint density at radius 2 is 2.21 bits per heavy atom. The lowest BCUT2D eigenvalue weighted by molar-refractivity contribution is 0.0546. The highest BCUT2D eigenvalue weighted by atomic mass is 19.1. The molecule has 3 aromatic heterocycles. The highest BCUT2D eigenvalue weighted by molar-refractivity contribution is 5.69. The number of alkyl carbamates (subject to hydrolysis) is 1. The van der Waals surface area contributed by atoms with Gasteiger partial charge >= 0.3 is 6.09 Å². The molecule has 12 heteroatoms. The van der Waals surface area contributed by atoms with Crippen LogP contribution in [0.1, 0.15) is 55.6 Å². The van der Waals surface area contributed by atoms with E-state index in [9.17, 15) is 10.1 Å². The van der Waals surface area contributed by atoms with Crippen molar-refractivity contribution >= 4 is 23.5 Å². The smallest absolute Gasteiger partial charge is 0.407 e. The maximum atomic E-state index is 15.1. The number of fused-ring (bicyclic) bond motifs is 1. The number of nitrogens with one attached hydrogen (secondary N) is 3. The van der Waals surface area contributed by atoms with Crippen molar-refractivity contribution in [2.45, 2.75) is 62.9 Å². The maximum Gasteiger partial charge on any atom is 0.407 e. The zero-order valence-electron chi connectivity index (χ0n) is 18.8. The van der Waals surface area contributed by atoms with E-state index in [-0.39, 0.29) is 11.2 Å². The zero-order valence-corrected chi connectivity index (χ0v) is 18.8. The SMILES string of the molecule is COCc1cn2c(Nc3cc([C@@H]4CC[C@H](OC(=O)NC5(C)CC5)[C@@H]4F)[nH]n3)nc(C#N)cc2n1. The van der Waals surface area contributed by atoms with Crippen LogP contribution in [0, 0.1) is 11.3 Å². The predicted molar refractivity (Wildman–Crippen MR) is 118 cm³/mol. The molecule has 0 aliphatic heterocycles. The summed E-state index contributed by atoms with van der Waals surface area (Å²) < 4.78 is 27.3. The van der Waals surface area contributed by atoms with Gasteiger partial charge in [-0.05, 0) is 32.6 Å². The summed E-state index contributed by atoms with van der Waals surface area (Å²) in [6, 6.07) is 5.30. The number of halogens is 1. The maximum absolute atomic E-state index is 15.1. The molecule has 34 heavy (non-hydrogen) atoms. The van der Waals surface area contributed by atoms with Gasteiger partial charge in [0.25, 0.3) is 0 Å². The molecule has 0 unspecified atom stereocenters. The third-order valence-corrected chi connectivity index (χ3v) is 6.31. The summed E-state index contributed by atoms with van der Waals surface area (Å²) in [6.07, 6.45) is 1.81. The number of rotatable bonds is 7. The number of H-pyrrole nitrogens is 1. The number of aromatic nitrogens is 5. The highest BCUT2D eigenvalue weighted by Gasteiger charge is 2.43. The highest BCUT2D eigenvalue weighted by Crippen LogP contribution is 2.39. The molecular formula is C22H25FN8O3. The molecule has 0 bridgehead atoms. The van der Waals surface area contributed by atoms with Gasteiger partial charge in [-0.3, -0.25) is 9.50 Å². The fourth-order valence-corrected chi connectivity index (χ4v) is 4.21. The van der Waals surface area contributed by atoms with Crippen LogP contribution >= 0.6 is 0 Å². The first-order chi connectivity index (χ1) is 16.4. The van der Waals surface area contributed by atoms with E-state index < -0.39 is 24.3 Å². The number of anilines is 2. The molecule has 3 atom stereocenters. The van der Waals surface area contributed by atoms with Crippen molar-refractivity contribution in [3.05, 3.63) is 35.4 Å². The Hall–Kier alpha value is -3.72. The number of nitrogens with zero attached hydrogens (tertiary/aromatic N) is 5. The van der Waals surface area contributed by atoms with Gasteiger partial charge in [0, 0.05) is 42.6 Å². The van der Waals surface area contributed by atoms with Crippen LogP contribution in [-0.4, -0.2) is 55.6 Å². The van der Waals surface area contributed by atoms with Crippen molar-refractivity contribution in [1.82, 2.24) is 29.9 Å². The molecule has 5 rings (SSSR count). The normalized spacial score (nSPS) is 22.9. The number of carbonyl (C=O) groups excluding carboxylic acids is 1. The fourth-order valence-electron chi connectivity index (χ4n) is 4.21. The average Bonchev–Trinajstić information content (AvgIpc) is 3.14. The molecule has 3 N–H and O–H groups in total. The predicted octanol–water partition coefficient (Wildman–Crippen LogP) is 3.08. The van der Waals surface area contributed by atoms with Crippen LogP contribution in [0.2, 0.25) is 0 Å². The third kappa shape index (κ3) is 4.38. The van der Waals surface area contributed by atoms with Gasteiger partial charge in [-0.15, -0.1) is 0 Å². The molecule has 0 radical (unpaired) electrons. The lowest BCUT2D eigenvalue weighted by Crippen LogP contribution is -2.38. The largest absolute Gasteiger partial charge is 0.443 e. The number of aromatic amines is 1. The minimum atomic E-state index is -1.34. The number of hydrogen-bond acceptors (Lipinski definition) is 8. The van der Waals surface area contributed by atoms with Gasteiger partial charge in [-0.25, -0.2) is 19.2 Å². The summed E-state index contributed by atoms with van der Waals surface area (Å²) in [5.41, 5.74) is 1.79. The Morgan fingerprint density at radius 1 is 1.38 bits per heavy atom. The first-order valence-corrected chi connectivity index (χ1v) is 11.1. The average molecular weight is 468 g/mol. The van der Waals surface area contributed by atoms with E-state index in [2.05, 4.69) is 30.8 Å². The van der Waals surface area contributed by atoms with Crippen molar-refractivity contribution in [2.24, 2.45) is 0 Å². The number of amides is 1. The lowest BCUT2D eigenvalue weighted by atomic mass is 10.0. The summed E-state index contributed by atoms with van der Waals surface area (Å²) in [5.74, 6) is 0.283. The Kier molecular flexibility index (Phi) is 5.57. The molecular weight excluding hydrogens is 443 g/mol. The summed E-state index contributed by atoms with van der Waals surface area (Å²) in [7, 11) is 1.57. The van der Waals surface area contributed by atoms with E-state index in [0.717, 1.165) is 12.8 Å². The summed E-state index contributed by atoms with van der Waals surface area (Å²) in [6.45, 7) is 2.25. The van der Waals surface area contributed by atoms with Crippen LogP contribution in [-0.2, 0) is 16.1 Å². The van der Waals surface area contributed by atoms with E-state index in [1.165, 1.54) is 0 Å². The number of alkyl halides is 1. The second-order valence-electron chi connectivity index (χ2n) is 9.06. The van der Waals surface area contributed by atoms with Crippen molar-refractivity contribution < 1.29 is 18.7 Å². The second-order valence-corrected chi connectivity index (χ2v) is 9.06. The zero-order chi connectivity index (χ0) is 23.9. The molecule has 2 saturated carbocycles. The van der Waals surface area contributed by atoms with Gasteiger partial charge in [0.15, 0.2) is 5.82 Å². The standard InChI is InChI=1S/C22H25FN8O3/c1-22(5-6-22)28-21(32)34-16-4-3-14(19(16)23)15-8-17(30-29-15)27-20-26-12(9-24)7-18-25-13(11-33-2)10-31(18)20/h7-8,10,14,16,19H,3-6,11H2,1-2H3,(H,28,32)(H2,26,27,29,30)/t14-,16-,19+/m0/s1. The van der Waals surface area contributed by atoms with Crippen LogP contribution in [0.15, 0.2) is 18.3 Å². The van der Waals surface area contributed by atoms with Crippen molar-refractivity contribution in [1.29, 1.82) is 5.26 Å². The molecule has 2 aliphatic rings. The van der Waals surface area contributed by atoms with Crippen LogP contribution in [0.4, 0.5) is 21.0 Å². The van der Waals surface area contributed by atoms with E-state index in [4.69, 9.17) is 9.47 Å². The molecule has 11 nitrogen and oxygen atoms in total. The monoisotopic (exact) mass is 468 g/mol. The van der Waals surface area contributed by atoms with E-state index in [1.807, 2.05) is 13.0 Å². The van der Waals surface area contributed by atoms with Crippen molar-refractivity contribution in [3.8, 4) is 6.07 Å². The van der Waals surface area contributed by atoms with Gasteiger partial charge < -0.3 is 20.1 Å². The van der Waals surface area contributed by atoms with E-state index in [0.29, 0.717) is 48.2 Å². The Morgan fingerprint density at radius 3 is 2.94 bits per heavy atom. The van der Waals surface area contributed by atoms with Gasteiger partial charge in [0.2, 0.25) is 5.95 Å². The number of hydrogen-bond donors (Lipinski definition) is 3. The number of ether oxygens (including phenoxy) is 2. The summed E-state index contributed by atoms with van der Waals surface area (Å²) in [5, 5.41) is 22.3. The third-order valence-electron chi connectivity index (χ3n) is 6.31. The first-order valence-electron chi connectivity index (χ1n) is 11.1. The summed E-state index contributed by atoms with van der Waals surface area (Å²) >= 11 is 0. The number of nitriles is 1. The Bertz CT molecular complexity index is 1260. The molecule has 1 amide bonds. The quantitative estimate of drug-likeness (QED) is 0.480. The van der Waals surface area contributed by atoms with Crippen LogP contribution < -0.4 is 10.6 Å². The molecule has 0 saturated heterocycles. The van der Waals surface area contributed by atoms with Crippen molar-refractivity contribution in [3.63, 3.8) is 0 Å². The van der Waals surface area contributed by atoms with Crippen LogP contribution in [0.5, 0.6) is 0 Å². The molecule has 3 aromatic rings. The number of methoxy groups -OCH3 is 1. The second kappa shape index (κ2) is 8.57. The van der Waals surface area contributed by atoms with Gasteiger partial charge in [0.05, 0.1) is 12.3 Å². The first kappa shape index (κ1) is 22.1. The lowest BCUT2D eigenvalue weighted by Gasteiger charge is -2.19. The van der Waals surface area contributed by atoms with Crippen LogP contribution in [0.3, 0.4) is 0 Å².